The lowest BCUT2D eigenvalue weighted by Gasteiger charge is -2.70. The van der Waals surface area contributed by atoms with Gasteiger partial charge in [-0.1, -0.05) is 0 Å². The Morgan fingerprint density at radius 3 is 2.61 bits per heavy atom. The average molecular weight is 347 g/mol. The molecule has 124 valence electrons. The topological polar surface area (TPSA) is 74.0 Å². The van der Waals surface area contributed by atoms with E-state index in [-0.39, 0.29) is 34.9 Å². The van der Waals surface area contributed by atoms with E-state index >= 15 is 0 Å². The van der Waals surface area contributed by atoms with Crippen molar-refractivity contribution in [3.05, 3.63) is 18.2 Å². The highest BCUT2D eigenvalue weighted by atomic mass is 35.5. The molecule has 1 heterocycles. The predicted octanol–water partition coefficient (Wildman–Crippen LogP) is 2.00. The fourth-order valence-corrected chi connectivity index (χ4v) is 3.73. The third-order valence-corrected chi connectivity index (χ3v) is 4.96. The van der Waals surface area contributed by atoms with E-state index in [1.54, 1.807) is 0 Å². The van der Waals surface area contributed by atoms with Crippen LogP contribution in [0.25, 0.3) is 0 Å². The zero-order valence-corrected chi connectivity index (χ0v) is 12.6. The van der Waals surface area contributed by atoms with Crippen LogP contribution < -0.4 is 19.9 Å². The highest BCUT2D eigenvalue weighted by Crippen LogP contribution is 2.62. The fraction of sp³-hybridized carbons (Fsp3) is 0.500. The SMILES string of the molecule is NC12CC(N(Cl)C(=O)COc3ccc4c(c3)OC(F)(F)O4)(C1)C2. The van der Waals surface area contributed by atoms with Gasteiger partial charge in [0.2, 0.25) is 0 Å². The molecule has 1 aromatic carbocycles. The Balaban J connectivity index is 1.36. The Kier molecular flexibility index (Phi) is 2.82. The summed E-state index contributed by atoms with van der Waals surface area (Å²) in [5.74, 6) is -0.435. The number of ether oxygens (including phenoxy) is 3. The van der Waals surface area contributed by atoms with Crippen molar-refractivity contribution in [2.24, 2.45) is 5.73 Å². The molecule has 9 heteroatoms. The van der Waals surface area contributed by atoms with Gasteiger partial charge in [0, 0.05) is 23.4 Å². The number of halogens is 3. The molecule has 2 N–H and O–H groups in total. The first-order valence-corrected chi connectivity index (χ1v) is 7.35. The molecule has 1 aliphatic heterocycles. The van der Waals surface area contributed by atoms with Crippen LogP contribution in [0.2, 0.25) is 0 Å². The first-order chi connectivity index (χ1) is 10.7. The molecule has 0 aromatic heterocycles. The minimum Gasteiger partial charge on any atom is -0.484 e. The van der Waals surface area contributed by atoms with Gasteiger partial charge in [-0.05, 0) is 31.4 Å². The van der Waals surface area contributed by atoms with Gasteiger partial charge in [0.05, 0.1) is 5.54 Å². The molecule has 0 atom stereocenters. The van der Waals surface area contributed by atoms with Gasteiger partial charge < -0.3 is 19.9 Å². The molecule has 3 fully saturated rings. The van der Waals surface area contributed by atoms with Crippen molar-refractivity contribution in [1.82, 2.24) is 4.42 Å². The number of alkyl halides is 2. The van der Waals surface area contributed by atoms with Crippen molar-refractivity contribution in [1.29, 1.82) is 0 Å². The molecular weight excluding hydrogens is 334 g/mol. The van der Waals surface area contributed by atoms with Gasteiger partial charge in [0.25, 0.3) is 5.91 Å². The minimum absolute atomic E-state index is 0.0882. The molecule has 2 bridgehead atoms. The maximum Gasteiger partial charge on any atom is 0.586 e. The van der Waals surface area contributed by atoms with E-state index in [1.165, 1.54) is 18.2 Å². The zero-order valence-electron chi connectivity index (χ0n) is 11.9. The van der Waals surface area contributed by atoms with E-state index < -0.39 is 12.2 Å². The van der Waals surface area contributed by atoms with Crippen LogP contribution in [0.3, 0.4) is 0 Å². The average Bonchev–Trinajstić information content (AvgIpc) is 2.72. The molecule has 1 aromatic rings. The lowest BCUT2D eigenvalue weighted by Crippen LogP contribution is -2.81. The van der Waals surface area contributed by atoms with Crippen LogP contribution in [0, 0.1) is 0 Å². The van der Waals surface area contributed by atoms with Crippen LogP contribution >= 0.6 is 11.8 Å². The van der Waals surface area contributed by atoms with Crippen molar-refractivity contribution in [3.8, 4) is 17.2 Å². The molecule has 6 nitrogen and oxygen atoms in total. The summed E-state index contributed by atoms with van der Waals surface area (Å²) in [6, 6.07) is 3.93. The standard InChI is InChI=1S/C14H13ClF2N2O4/c15-19(13-5-12(18,6-13)7-13)11(20)4-21-8-1-2-9-10(3-8)23-14(16,17)22-9/h1-3H,4-7,18H2. The number of fused-ring (bicyclic) bond motifs is 1. The molecular formula is C14H13ClF2N2O4. The second-order valence-corrected chi connectivity index (χ2v) is 6.69. The molecule has 5 rings (SSSR count). The first-order valence-electron chi connectivity index (χ1n) is 7.01. The highest BCUT2D eigenvalue weighted by molar-refractivity contribution is 6.22. The van der Waals surface area contributed by atoms with Crippen molar-refractivity contribution >= 4 is 17.7 Å². The van der Waals surface area contributed by atoms with E-state index in [9.17, 15) is 13.6 Å². The Morgan fingerprint density at radius 2 is 1.96 bits per heavy atom. The van der Waals surface area contributed by atoms with Crippen LogP contribution in [0.1, 0.15) is 19.3 Å². The van der Waals surface area contributed by atoms with Crippen molar-refractivity contribution in [2.45, 2.75) is 36.6 Å². The summed E-state index contributed by atoms with van der Waals surface area (Å²) in [5, 5.41) is 0. The van der Waals surface area contributed by atoms with Gasteiger partial charge in [-0.15, -0.1) is 8.78 Å². The third-order valence-electron chi connectivity index (χ3n) is 4.41. The summed E-state index contributed by atoms with van der Waals surface area (Å²) in [6.45, 7) is -0.307. The number of hydrogen-bond donors (Lipinski definition) is 1. The van der Waals surface area contributed by atoms with Gasteiger partial charge >= 0.3 is 6.29 Å². The Hall–Kier alpha value is -1.80. The van der Waals surface area contributed by atoms with Gasteiger partial charge in [-0.25, -0.2) is 4.42 Å². The number of nitrogens with zero attached hydrogens (tertiary/aromatic N) is 1. The van der Waals surface area contributed by atoms with E-state index in [4.69, 9.17) is 22.2 Å². The minimum atomic E-state index is -3.69. The van der Waals surface area contributed by atoms with E-state index in [0.717, 1.165) is 4.42 Å². The van der Waals surface area contributed by atoms with Crippen molar-refractivity contribution in [2.75, 3.05) is 6.61 Å². The Morgan fingerprint density at radius 1 is 1.30 bits per heavy atom. The van der Waals surface area contributed by atoms with Gasteiger partial charge in [0.1, 0.15) is 5.75 Å². The maximum atomic E-state index is 12.9. The smallest absolute Gasteiger partial charge is 0.484 e. The van der Waals surface area contributed by atoms with Gasteiger partial charge in [-0.3, -0.25) is 4.79 Å². The molecule has 0 saturated heterocycles. The molecule has 3 aliphatic carbocycles. The number of nitrogens with two attached hydrogens (primary N) is 1. The van der Waals surface area contributed by atoms with Gasteiger partial charge in [-0.2, -0.15) is 0 Å². The number of carbonyl (C=O) groups excluding carboxylic acids is 1. The zero-order chi connectivity index (χ0) is 16.5. The molecule has 0 unspecified atom stereocenters. The Labute approximate surface area is 135 Å². The normalized spacial score (nSPS) is 31.8. The van der Waals surface area contributed by atoms with Gasteiger partial charge in [0.15, 0.2) is 18.1 Å². The number of amides is 1. The number of hydrogen-bond acceptors (Lipinski definition) is 5. The fourth-order valence-electron chi connectivity index (χ4n) is 3.50. The van der Waals surface area contributed by atoms with Crippen LogP contribution in [0.4, 0.5) is 8.78 Å². The highest BCUT2D eigenvalue weighted by Gasteiger charge is 2.69. The monoisotopic (exact) mass is 346 g/mol. The van der Waals surface area contributed by atoms with E-state index in [0.29, 0.717) is 19.3 Å². The largest absolute Gasteiger partial charge is 0.586 e. The summed E-state index contributed by atoms with van der Waals surface area (Å²) in [4.78, 5) is 12.1. The quantitative estimate of drug-likeness (QED) is 0.844. The summed E-state index contributed by atoms with van der Waals surface area (Å²) < 4.78 is 40.9. The first kappa shape index (κ1) is 14.8. The molecule has 0 spiro atoms. The third kappa shape index (κ3) is 2.28. The summed E-state index contributed by atoms with van der Waals surface area (Å²) in [6.07, 6.45) is -1.62. The van der Waals surface area contributed by atoms with Crippen LogP contribution in [-0.2, 0) is 4.79 Å². The molecule has 3 saturated carbocycles. The van der Waals surface area contributed by atoms with Crippen LogP contribution in [-0.4, -0.2) is 34.3 Å². The maximum absolute atomic E-state index is 12.9. The number of carbonyl (C=O) groups is 1. The van der Waals surface area contributed by atoms with Crippen LogP contribution in [0.15, 0.2) is 18.2 Å². The van der Waals surface area contributed by atoms with E-state index in [2.05, 4.69) is 9.47 Å². The second-order valence-electron chi connectivity index (χ2n) is 6.36. The Bertz CT molecular complexity index is 680. The number of rotatable bonds is 4. The molecule has 1 amide bonds. The molecule has 4 aliphatic rings. The van der Waals surface area contributed by atoms with Crippen LogP contribution in [0.5, 0.6) is 17.2 Å². The lowest BCUT2D eigenvalue weighted by atomic mass is 9.44. The predicted molar refractivity (Wildman–Crippen MR) is 74.3 cm³/mol. The second kappa shape index (κ2) is 4.39. The molecule has 0 radical (unpaired) electrons. The lowest BCUT2D eigenvalue weighted by molar-refractivity contribution is -0.286. The number of benzene rings is 1. The molecule has 23 heavy (non-hydrogen) atoms. The van der Waals surface area contributed by atoms with Crippen molar-refractivity contribution in [3.63, 3.8) is 0 Å². The summed E-state index contributed by atoms with van der Waals surface area (Å²) >= 11 is 6.08. The summed E-state index contributed by atoms with van der Waals surface area (Å²) in [5.41, 5.74) is 5.41. The van der Waals surface area contributed by atoms with Crippen molar-refractivity contribution < 1.29 is 27.8 Å². The van der Waals surface area contributed by atoms with E-state index in [1.807, 2.05) is 0 Å². The summed E-state index contributed by atoms with van der Waals surface area (Å²) in [7, 11) is 0.